The van der Waals surface area contributed by atoms with Gasteiger partial charge in [0.1, 0.15) is 17.3 Å². The van der Waals surface area contributed by atoms with Gasteiger partial charge in [-0.25, -0.2) is 0 Å². The Morgan fingerprint density at radius 2 is 1.96 bits per heavy atom. The molecule has 8 nitrogen and oxygen atoms in total. The highest BCUT2D eigenvalue weighted by atomic mass is 35.5. The highest BCUT2D eigenvalue weighted by Crippen LogP contribution is 2.28. The Kier molecular flexibility index (Phi) is 5.10. The molecule has 0 bridgehead atoms. The first-order chi connectivity index (χ1) is 11.9. The zero-order chi connectivity index (χ0) is 18.1. The van der Waals surface area contributed by atoms with E-state index < -0.39 is 0 Å². The van der Waals surface area contributed by atoms with Crippen molar-refractivity contribution in [1.82, 2.24) is 34.3 Å². The topological polar surface area (TPSA) is 72.1 Å². The van der Waals surface area contributed by atoms with Gasteiger partial charge in [0.05, 0.1) is 17.8 Å². The first-order valence-electron chi connectivity index (χ1n) is 8.38. The van der Waals surface area contributed by atoms with Crippen LogP contribution < -0.4 is 0 Å². The maximum atomic E-state index is 12.7. The molecule has 0 radical (unpaired) electrons. The molecule has 1 aliphatic heterocycles. The Morgan fingerprint density at radius 3 is 2.52 bits per heavy atom. The standard InChI is InChI=1S/C16H24ClN7O/c1-21(2)10-13-19-20-15(22(13)3)11-5-7-24(8-6-11)16(25)14-12(17)9-18-23(14)4/h9,11H,5-8,10H2,1-4H3. The van der Waals surface area contributed by atoms with Gasteiger partial charge in [0, 0.05) is 33.1 Å². The average molecular weight is 366 g/mol. The summed E-state index contributed by atoms with van der Waals surface area (Å²) in [6, 6.07) is 0. The van der Waals surface area contributed by atoms with Gasteiger partial charge in [-0.3, -0.25) is 9.48 Å². The highest BCUT2D eigenvalue weighted by Gasteiger charge is 2.29. The SMILES string of the molecule is CN(C)Cc1nnc(C2CCN(C(=O)c3c(Cl)cnn3C)CC2)n1C. The van der Waals surface area contributed by atoms with Crippen molar-refractivity contribution in [2.45, 2.75) is 25.3 Å². The summed E-state index contributed by atoms with van der Waals surface area (Å²) in [7, 11) is 7.78. The molecule has 0 aliphatic carbocycles. The van der Waals surface area contributed by atoms with Crippen LogP contribution in [0.1, 0.15) is 40.9 Å². The van der Waals surface area contributed by atoms with E-state index in [2.05, 4.69) is 24.8 Å². The number of hydrogen-bond acceptors (Lipinski definition) is 5. The lowest BCUT2D eigenvalue weighted by Crippen LogP contribution is -2.39. The molecule has 25 heavy (non-hydrogen) atoms. The summed E-state index contributed by atoms with van der Waals surface area (Å²) in [5.74, 6) is 2.22. The maximum Gasteiger partial charge on any atom is 0.273 e. The van der Waals surface area contributed by atoms with Gasteiger partial charge in [-0.15, -0.1) is 10.2 Å². The van der Waals surface area contributed by atoms with Crippen molar-refractivity contribution in [2.75, 3.05) is 27.2 Å². The van der Waals surface area contributed by atoms with Crippen LogP contribution in [-0.2, 0) is 20.6 Å². The molecule has 3 rings (SSSR count). The van der Waals surface area contributed by atoms with Crippen LogP contribution in [0.5, 0.6) is 0 Å². The van der Waals surface area contributed by atoms with Gasteiger partial charge < -0.3 is 14.4 Å². The zero-order valence-electron chi connectivity index (χ0n) is 15.1. The van der Waals surface area contributed by atoms with Crippen LogP contribution in [0.2, 0.25) is 5.02 Å². The molecule has 1 aliphatic rings. The molecular weight excluding hydrogens is 342 g/mol. The molecule has 9 heteroatoms. The fraction of sp³-hybridized carbons (Fsp3) is 0.625. The molecule has 1 saturated heterocycles. The van der Waals surface area contributed by atoms with Crippen LogP contribution in [0.4, 0.5) is 0 Å². The van der Waals surface area contributed by atoms with Gasteiger partial charge in [-0.05, 0) is 26.9 Å². The minimum atomic E-state index is -0.0605. The summed E-state index contributed by atoms with van der Waals surface area (Å²) in [6.07, 6.45) is 3.25. The van der Waals surface area contributed by atoms with E-state index in [0.717, 1.165) is 31.0 Å². The van der Waals surface area contributed by atoms with Crippen LogP contribution in [0.15, 0.2) is 6.20 Å². The molecule has 2 aromatic rings. The minimum Gasteiger partial charge on any atom is -0.337 e. The molecule has 1 amide bonds. The molecule has 2 aromatic heterocycles. The number of likely N-dealkylation sites (tertiary alicyclic amines) is 1. The first-order valence-corrected chi connectivity index (χ1v) is 8.76. The fourth-order valence-corrected chi connectivity index (χ4v) is 3.54. The first kappa shape index (κ1) is 17.9. The number of rotatable bonds is 4. The Hall–Kier alpha value is -1.93. The van der Waals surface area contributed by atoms with Gasteiger partial charge in [0.25, 0.3) is 5.91 Å². The van der Waals surface area contributed by atoms with Gasteiger partial charge in [0.15, 0.2) is 0 Å². The van der Waals surface area contributed by atoms with Crippen molar-refractivity contribution < 1.29 is 4.79 Å². The summed E-state index contributed by atoms with van der Waals surface area (Å²) < 4.78 is 3.62. The van der Waals surface area contributed by atoms with E-state index in [4.69, 9.17) is 11.6 Å². The van der Waals surface area contributed by atoms with Gasteiger partial charge in [0.2, 0.25) is 0 Å². The third kappa shape index (κ3) is 3.55. The fourth-order valence-electron chi connectivity index (χ4n) is 3.29. The van der Waals surface area contributed by atoms with E-state index in [0.29, 0.717) is 29.7 Å². The second-order valence-electron chi connectivity index (χ2n) is 6.80. The lowest BCUT2D eigenvalue weighted by atomic mass is 9.95. The third-order valence-electron chi connectivity index (χ3n) is 4.70. The summed E-state index contributed by atoms with van der Waals surface area (Å²) >= 11 is 6.09. The number of aromatic nitrogens is 5. The Balaban J connectivity index is 1.66. The normalized spacial score (nSPS) is 16.0. The van der Waals surface area contributed by atoms with Gasteiger partial charge in [-0.2, -0.15) is 5.10 Å². The number of halogens is 1. The van der Waals surface area contributed by atoms with Crippen LogP contribution >= 0.6 is 11.6 Å². The summed E-state index contributed by atoms with van der Waals surface area (Å²) in [5, 5.41) is 13.1. The summed E-state index contributed by atoms with van der Waals surface area (Å²) in [6.45, 7) is 2.13. The second-order valence-corrected chi connectivity index (χ2v) is 7.21. The van der Waals surface area contributed by atoms with Crippen molar-refractivity contribution in [3.63, 3.8) is 0 Å². The van der Waals surface area contributed by atoms with Gasteiger partial charge in [-0.1, -0.05) is 11.6 Å². The molecule has 0 N–H and O–H groups in total. The Morgan fingerprint density at radius 1 is 1.28 bits per heavy atom. The second kappa shape index (κ2) is 7.13. The van der Waals surface area contributed by atoms with Crippen molar-refractivity contribution in [3.05, 3.63) is 28.6 Å². The summed E-state index contributed by atoms with van der Waals surface area (Å²) in [4.78, 5) is 16.6. The highest BCUT2D eigenvalue weighted by molar-refractivity contribution is 6.33. The molecule has 136 valence electrons. The number of carbonyl (C=O) groups excluding carboxylic acids is 1. The van der Waals surface area contributed by atoms with E-state index in [1.165, 1.54) is 10.9 Å². The largest absolute Gasteiger partial charge is 0.337 e. The molecule has 0 atom stereocenters. The van der Waals surface area contributed by atoms with E-state index in [1.54, 1.807) is 7.05 Å². The number of amides is 1. The molecule has 0 saturated carbocycles. The quantitative estimate of drug-likeness (QED) is 0.816. The molecular formula is C16H24ClN7O. The summed E-state index contributed by atoms with van der Waals surface area (Å²) in [5.41, 5.74) is 0.451. The maximum absolute atomic E-state index is 12.7. The van der Waals surface area contributed by atoms with Crippen LogP contribution in [0.25, 0.3) is 0 Å². The number of carbonyl (C=O) groups is 1. The van der Waals surface area contributed by atoms with E-state index >= 15 is 0 Å². The van der Waals surface area contributed by atoms with Crippen LogP contribution in [0, 0.1) is 0 Å². The van der Waals surface area contributed by atoms with E-state index in [1.807, 2.05) is 26.0 Å². The Labute approximate surface area is 152 Å². The third-order valence-corrected chi connectivity index (χ3v) is 4.98. The van der Waals surface area contributed by atoms with Gasteiger partial charge >= 0.3 is 0 Å². The lowest BCUT2D eigenvalue weighted by Gasteiger charge is -2.31. The van der Waals surface area contributed by atoms with Crippen molar-refractivity contribution in [2.24, 2.45) is 14.1 Å². The molecule has 3 heterocycles. The van der Waals surface area contributed by atoms with Crippen molar-refractivity contribution in [1.29, 1.82) is 0 Å². The van der Waals surface area contributed by atoms with Crippen LogP contribution in [0.3, 0.4) is 0 Å². The number of piperidine rings is 1. The predicted octanol–water partition coefficient (Wildman–Crippen LogP) is 1.28. The molecule has 1 fully saturated rings. The molecule has 0 spiro atoms. The lowest BCUT2D eigenvalue weighted by molar-refractivity contribution is 0.0699. The predicted molar refractivity (Wildman–Crippen MR) is 94.5 cm³/mol. The van der Waals surface area contributed by atoms with E-state index in [-0.39, 0.29) is 5.91 Å². The van der Waals surface area contributed by atoms with E-state index in [9.17, 15) is 4.79 Å². The monoisotopic (exact) mass is 365 g/mol. The Bertz CT molecular complexity index is 739. The molecule has 0 aromatic carbocycles. The smallest absolute Gasteiger partial charge is 0.273 e. The zero-order valence-corrected chi connectivity index (χ0v) is 15.9. The number of aryl methyl sites for hydroxylation is 1. The van der Waals surface area contributed by atoms with Crippen LogP contribution in [-0.4, -0.2) is 67.4 Å². The number of hydrogen-bond donors (Lipinski definition) is 0. The molecule has 0 unspecified atom stereocenters. The number of nitrogens with zero attached hydrogens (tertiary/aromatic N) is 7. The van der Waals surface area contributed by atoms with Crippen molar-refractivity contribution in [3.8, 4) is 0 Å². The minimum absolute atomic E-state index is 0.0605. The van der Waals surface area contributed by atoms with Crippen molar-refractivity contribution >= 4 is 17.5 Å². The average Bonchev–Trinajstić information content (AvgIpc) is 3.10.